The molecule has 0 heterocycles. The largest absolute Gasteiger partial charge is 0.481 e. The predicted octanol–water partition coefficient (Wildman–Crippen LogP) is -0.0939. The fourth-order valence-electron chi connectivity index (χ4n) is 0.704. The van der Waals surface area contributed by atoms with Crippen molar-refractivity contribution in [3.05, 3.63) is 0 Å². The van der Waals surface area contributed by atoms with E-state index in [2.05, 4.69) is 15.9 Å². The minimum atomic E-state index is -4.93. The molecule has 8 nitrogen and oxygen atoms in total. The van der Waals surface area contributed by atoms with Crippen molar-refractivity contribution in [2.75, 3.05) is 0 Å². The summed E-state index contributed by atoms with van der Waals surface area (Å²) in [6.07, 6.45) is -0.857. The van der Waals surface area contributed by atoms with Crippen LogP contribution in [0.2, 0.25) is 0 Å². The molecule has 0 rings (SSSR count). The van der Waals surface area contributed by atoms with Crippen LogP contribution in [0.4, 0.5) is 0 Å². The molecule has 11 heteroatoms. The van der Waals surface area contributed by atoms with Gasteiger partial charge in [-0.3, -0.25) is 13.9 Å². The van der Waals surface area contributed by atoms with Crippen molar-refractivity contribution in [1.82, 2.24) is 0 Å². The second-order valence-electron chi connectivity index (χ2n) is 2.70. The highest BCUT2D eigenvalue weighted by molar-refractivity contribution is 9.10. The zero-order chi connectivity index (χ0) is 12.4. The van der Waals surface area contributed by atoms with Gasteiger partial charge in [0.2, 0.25) is 0 Å². The van der Waals surface area contributed by atoms with E-state index in [1.165, 1.54) is 0 Å². The smallest absolute Gasteiger partial charge is 0.339 e. The van der Waals surface area contributed by atoms with Crippen molar-refractivity contribution in [2.24, 2.45) is 0 Å². The summed E-state index contributed by atoms with van der Waals surface area (Å²) in [5.41, 5.74) is -2.13. The normalized spacial score (nSPS) is 17.1. The molecule has 0 aliphatic heterocycles. The molecule has 0 fully saturated rings. The summed E-state index contributed by atoms with van der Waals surface area (Å²) in [4.78, 5) is 44.9. The van der Waals surface area contributed by atoms with E-state index in [0.717, 1.165) is 0 Å². The average Bonchev–Trinajstić information content (AvgIpc) is 1.94. The predicted molar refractivity (Wildman–Crippen MR) is 52.8 cm³/mol. The van der Waals surface area contributed by atoms with Gasteiger partial charge >= 0.3 is 21.2 Å². The molecule has 0 radical (unpaired) electrons. The Morgan fingerprint density at radius 1 is 1.13 bits per heavy atom. The van der Waals surface area contributed by atoms with Gasteiger partial charge in [-0.25, -0.2) is 0 Å². The van der Waals surface area contributed by atoms with Gasteiger partial charge in [-0.05, 0) is 6.42 Å². The Hall–Kier alpha value is 0.250. The molecule has 0 aromatic carbocycles. The molecule has 0 aliphatic carbocycles. The number of carboxylic acid groups (broad SMARTS) is 1. The summed E-state index contributed by atoms with van der Waals surface area (Å²) < 4.78 is 19.7. The first kappa shape index (κ1) is 15.2. The molecule has 15 heavy (non-hydrogen) atoms. The van der Waals surface area contributed by atoms with Gasteiger partial charge in [0.15, 0.2) is 5.66 Å². The van der Waals surface area contributed by atoms with E-state index in [-0.39, 0.29) is 0 Å². The second-order valence-corrected chi connectivity index (χ2v) is 8.12. The zero-order valence-electron chi connectivity index (χ0n) is 7.10. The average molecular weight is 327 g/mol. The molecule has 0 aliphatic rings. The van der Waals surface area contributed by atoms with Crippen molar-refractivity contribution in [3.8, 4) is 0 Å². The third-order valence-corrected chi connectivity index (χ3v) is 5.63. The number of hydrogen-bond donors (Lipinski definition) is 5. The maximum Gasteiger partial charge on any atom is 0.339 e. The Kier molecular flexibility index (Phi) is 5.14. The topological polar surface area (TPSA) is 152 Å². The SMILES string of the molecule is O=C(O)C(CC(Br)P(=O)(O)O)P(=O)(O)O. The molecule has 5 N–H and O–H groups in total. The Balaban J connectivity index is 4.81. The first-order chi connectivity index (χ1) is 6.46. The number of carbonyl (C=O) groups is 1. The molecule has 0 amide bonds. The van der Waals surface area contributed by atoms with Crippen LogP contribution in [0.5, 0.6) is 0 Å². The van der Waals surface area contributed by atoms with Crippen LogP contribution in [0, 0.1) is 0 Å². The van der Waals surface area contributed by atoms with Crippen LogP contribution in [0.1, 0.15) is 6.42 Å². The molecule has 2 unspecified atom stereocenters. The Morgan fingerprint density at radius 2 is 1.53 bits per heavy atom. The molecule has 0 bridgehead atoms. The molecule has 0 saturated carbocycles. The monoisotopic (exact) mass is 326 g/mol. The highest BCUT2D eigenvalue weighted by atomic mass is 79.9. The maximum absolute atomic E-state index is 10.7. The van der Waals surface area contributed by atoms with Gasteiger partial charge in [-0.2, -0.15) is 0 Å². The van der Waals surface area contributed by atoms with Crippen LogP contribution in [0.25, 0.3) is 0 Å². The van der Waals surface area contributed by atoms with E-state index < -0.39 is 37.8 Å². The molecule has 0 saturated heterocycles. The number of rotatable bonds is 5. The van der Waals surface area contributed by atoms with Crippen LogP contribution >= 0.6 is 31.1 Å². The van der Waals surface area contributed by atoms with E-state index in [1.54, 1.807) is 0 Å². The van der Waals surface area contributed by atoms with Gasteiger partial charge in [0.05, 0.1) is 0 Å². The lowest BCUT2D eigenvalue weighted by molar-refractivity contribution is -0.136. The Bertz CT molecular complexity index is 330. The van der Waals surface area contributed by atoms with E-state index in [9.17, 15) is 13.9 Å². The minimum Gasteiger partial charge on any atom is -0.481 e. The highest BCUT2D eigenvalue weighted by Crippen LogP contribution is 2.52. The Labute approximate surface area is 92.8 Å². The van der Waals surface area contributed by atoms with Crippen molar-refractivity contribution in [1.29, 1.82) is 0 Å². The van der Waals surface area contributed by atoms with E-state index in [1.807, 2.05) is 0 Å². The summed E-state index contributed by atoms with van der Waals surface area (Å²) in [5.74, 6) is -1.80. The van der Waals surface area contributed by atoms with E-state index in [0.29, 0.717) is 0 Å². The van der Waals surface area contributed by atoms with E-state index >= 15 is 0 Å². The standard InChI is InChI=1S/C4H9BrO8P2/c5-3(15(11,12)13)1-2(4(6)7)14(8,9)10/h2-3H,1H2,(H,6,7)(H2,8,9,10)(H2,11,12,13). The van der Waals surface area contributed by atoms with Crippen LogP contribution < -0.4 is 0 Å². The molecule has 0 aromatic heterocycles. The maximum atomic E-state index is 10.7. The molecule has 0 spiro atoms. The fraction of sp³-hybridized carbons (Fsp3) is 0.750. The third-order valence-electron chi connectivity index (χ3n) is 1.47. The van der Waals surface area contributed by atoms with Crippen molar-refractivity contribution in [2.45, 2.75) is 16.6 Å². The summed E-state index contributed by atoms with van der Waals surface area (Å²) in [7, 11) is -9.54. The lowest BCUT2D eigenvalue weighted by atomic mass is 10.3. The van der Waals surface area contributed by atoms with Crippen LogP contribution in [0.3, 0.4) is 0 Å². The van der Waals surface area contributed by atoms with Crippen LogP contribution in [-0.2, 0) is 13.9 Å². The van der Waals surface area contributed by atoms with Crippen molar-refractivity contribution in [3.63, 3.8) is 0 Å². The van der Waals surface area contributed by atoms with Gasteiger partial charge in [0.25, 0.3) is 0 Å². The zero-order valence-corrected chi connectivity index (χ0v) is 10.5. The molecule has 90 valence electrons. The number of alkyl halides is 1. The number of carboxylic acids is 1. The highest BCUT2D eigenvalue weighted by Gasteiger charge is 2.41. The Morgan fingerprint density at radius 3 is 1.73 bits per heavy atom. The van der Waals surface area contributed by atoms with Gasteiger partial charge < -0.3 is 24.7 Å². The molecular weight excluding hydrogens is 318 g/mol. The number of aliphatic carboxylic acids is 1. The number of halogens is 1. The molecular formula is C4H9BrO8P2. The van der Waals surface area contributed by atoms with Gasteiger partial charge in [0.1, 0.15) is 4.57 Å². The van der Waals surface area contributed by atoms with Crippen LogP contribution in [0.15, 0.2) is 0 Å². The first-order valence-electron chi connectivity index (χ1n) is 3.43. The van der Waals surface area contributed by atoms with Gasteiger partial charge in [0, 0.05) is 0 Å². The van der Waals surface area contributed by atoms with Gasteiger partial charge in [-0.1, -0.05) is 15.9 Å². The summed E-state index contributed by atoms with van der Waals surface area (Å²) in [5, 5.41) is 8.46. The lowest BCUT2D eigenvalue weighted by Crippen LogP contribution is -2.24. The summed E-state index contributed by atoms with van der Waals surface area (Å²) in [6.45, 7) is 0. The summed E-state index contributed by atoms with van der Waals surface area (Å²) >= 11 is 2.49. The molecule has 0 aromatic rings. The number of hydrogen-bond acceptors (Lipinski definition) is 3. The van der Waals surface area contributed by atoms with Gasteiger partial charge in [-0.15, -0.1) is 0 Å². The minimum absolute atomic E-state index is 0.857. The third kappa shape index (κ3) is 5.21. The lowest BCUT2D eigenvalue weighted by Gasteiger charge is -2.18. The van der Waals surface area contributed by atoms with Crippen molar-refractivity contribution < 1.29 is 38.6 Å². The fourth-order valence-corrected chi connectivity index (χ4v) is 2.79. The van der Waals surface area contributed by atoms with Crippen LogP contribution in [-0.4, -0.2) is 40.9 Å². The molecule has 2 atom stereocenters. The quantitative estimate of drug-likeness (QED) is 0.347. The second kappa shape index (κ2) is 5.05. The van der Waals surface area contributed by atoms with E-state index in [4.69, 9.17) is 24.7 Å². The summed E-state index contributed by atoms with van der Waals surface area (Å²) in [6, 6.07) is 0. The van der Waals surface area contributed by atoms with Crippen molar-refractivity contribution >= 4 is 37.1 Å². The first-order valence-corrected chi connectivity index (χ1v) is 7.71.